The van der Waals surface area contributed by atoms with E-state index in [1.165, 1.54) is 13.2 Å². The van der Waals surface area contributed by atoms with Crippen molar-refractivity contribution < 1.29 is 14.6 Å². The van der Waals surface area contributed by atoms with Crippen LogP contribution in [0.2, 0.25) is 0 Å². The number of amides is 1. The molecule has 0 aliphatic rings. The molecule has 0 radical (unpaired) electrons. The van der Waals surface area contributed by atoms with Crippen LogP contribution in [0.25, 0.3) is 0 Å². The SMILES string of the molecule is COc1n[nH]c(NC(=O)c2ccc(C)c(O)c2)n1. The Hall–Kier alpha value is -2.57. The lowest BCUT2D eigenvalue weighted by molar-refractivity contribution is 0.102. The zero-order valence-corrected chi connectivity index (χ0v) is 9.89. The number of H-pyrrole nitrogens is 1. The van der Waals surface area contributed by atoms with E-state index < -0.39 is 5.91 Å². The molecule has 0 unspecified atom stereocenters. The van der Waals surface area contributed by atoms with Gasteiger partial charge in [-0.3, -0.25) is 10.1 Å². The zero-order chi connectivity index (χ0) is 13.1. The molecule has 0 fully saturated rings. The Kier molecular flexibility index (Phi) is 3.13. The number of aromatic amines is 1. The maximum absolute atomic E-state index is 11.8. The molecule has 7 heteroatoms. The molecule has 0 bridgehead atoms. The van der Waals surface area contributed by atoms with E-state index in [0.29, 0.717) is 11.1 Å². The highest BCUT2D eigenvalue weighted by Gasteiger charge is 2.10. The first-order valence-electron chi connectivity index (χ1n) is 5.17. The topological polar surface area (TPSA) is 100 Å². The first-order valence-corrected chi connectivity index (χ1v) is 5.17. The van der Waals surface area contributed by atoms with Crippen molar-refractivity contribution in [2.24, 2.45) is 0 Å². The number of methoxy groups -OCH3 is 1. The second-order valence-corrected chi connectivity index (χ2v) is 3.63. The maximum atomic E-state index is 11.8. The molecular formula is C11H12N4O3. The fourth-order valence-electron chi connectivity index (χ4n) is 1.32. The van der Waals surface area contributed by atoms with Gasteiger partial charge in [-0.2, -0.15) is 4.98 Å². The van der Waals surface area contributed by atoms with Crippen LogP contribution < -0.4 is 10.1 Å². The third-order valence-corrected chi connectivity index (χ3v) is 2.35. The standard InChI is InChI=1S/C11H12N4O3/c1-6-3-4-7(5-8(6)16)9(17)12-10-13-11(18-2)15-14-10/h3-5,16H,1-2H3,(H2,12,13,14,15,17). The number of nitrogens with one attached hydrogen (secondary N) is 2. The predicted octanol–water partition coefficient (Wildman–Crippen LogP) is 1.08. The van der Waals surface area contributed by atoms with E-state index in [-0.39, 0.29) is 17.7 Å². The average Bonchev–Trinajstić information content (AvgIpc) is 2.80. The molecule has 1 heterocycles. The van der Waals surface area contributed by atoms with Crippen LogP contribution in [0.1, 0.15) is 15.9 Å². The van der Waals surface area contributed by atoms with E-state index in [4.69, 9.17) is 4.74 Å². The Morgan fingerprint density at radius 3 is 2.89 bits per heavy atom. The van der Waals surface area contributed by atoms with Crippen molar-refractivity contribution >= 4 is 11.9 Å². The molecule has 0 saturated heterocycles. The molecule has 2 aromatic rings. The number of carbonyl (C=O) groups excluding carboxylic acids is 1. The van der Waals surface area contributed by atoms with Gasteiger partial charge in [-0.15, -0.1) is 5.10 Å². The number of rotatable bonds is 3. The van der Waals surface area contributed by atoms with Crippen molar-refractivity contribution in [3.05, 3.63) is 29.3 Å². The Balaban J connectivity index is 2.14. The van der Waals surface area contributed by atoms with E-state index in [1.807, 2.05) is 0 Å². The van der Waals surface area contributed by atoms with Gasteiger partial charge in [0.15, 0.2) is 0 Å². The van der Waals surface area contributed by atoms with Gasteiger partial charge in [0.1, 0.15) is 5.75 Å². The summed E-state index contributed by atoms with van der Waals surface area (Å²) in [7, 11) is 1.42. The van der Waals surface area contributed by atoms with Crippen molar-refractivity contribution in [1.82, 2.24) is 15.2 Å². The second kappa shape index (κ2) is 4.74. The Bertz CT molecular complexity index is 579. The minimum Gasteiger partial charge on any atom is -0.508 e. The fourth-order valence-corrected chi connectivity index (χ4v) is 1.32. The van der Waals surface area contributed by atoms with Crippen LogP contribution in [-0.4, -0.2) is 33.3 Å². The molecule has 94 valence electrons. The number of phenols is 1. The summed E-state index contributed by atoms with van der Waals surface area (Å²) in [6, 6.07) is 4.79. The van der Waals surface area contributed by atoms with Gasteiger partial charge in [0.2, 0.25) is 5.95 Å². The molecule has 0 saturated carbocycles. The quantitative estimate of drug-likeness (QED) is 0.754. The minimum atomic E-state index is -0.399. The maximum Gasteiger partial charge on any atom is 0.336 e. The van der Waals surface area contributed by atoms with Crippen LogP contribution in [0.15, 0.2) is 18.2 Å². The first kappa shape index (κ1) is 11.9. The van der Waals surface area contributed by atoms with E-state index in [9.17, 15) is 9.90 Å². The molecule has 0 aliphatic heterocycles. The Morgan fingerprint density at radius 1 is 1.50 bits per heavy atom. The summed E-state index contributed by atoms with van der Waals surface area (Å²) < 4.78 is 4.77. The number of aryl methyl sites for hydroxylation is 1. The summed E-state index contributed by atoms with van der Waals surface area (Å²) in [6.07, 6.45) is 0. The second-order valence-electron chi connectivity index (χ2n) is 3.63. The Labute approximate surface area is 103 Å². The monoisotopic (exact) mass is 248 g/mol. The molecule has 18 heavy (non-hydrogen) atoms. The van der Waals surface area contributed by atoms with Crippen LogP contribution >= 0.6 is 0 Å². The lowest BCUT2D eigenvalue weighted by Crippen LogP contribution is -2.13. The molecule has 0 atom stereocenters. The first-order chi connectivity index (χ1) is 8.60. The summed E-state index contributed by atoms with van der Waals surface area (Å²) in [5.41, 5.74) is 1.03. The van der Waals surface area contributed by atoms with Crippen molar-refractivity contribution in [3.8, 4) is 11.8 Å². The van der Waals surface area contributed by atoms with Gasteiger partial charge in [0, 0.05) is 5.56 Å². The predicted molar refractivity (Wildman–Crippen MR) is 63.7 cm³/mol. The van der Waals surface area contributed by atoms with E-state index in [1.54, 1.807) is 19.1 Å². The van der Waals surface area contributed by atoms with Crippen LogP contribution in [0.4, 0.5) is 5.95 Å². The van der Waals surface area contributed by atoms with Crippen LogP contribution in [-0.2, 0) is 0 Å². The molecule has 2 rings (SSSR count). The Morgan fingerprint density at radius 2 is 2.28 bits per heavy atom. The number of benzene rings is 1. The number of phenolic OH excluding ortho intramolecular Hbond substituents is 1. The highest BCUT2D eigenvalue weighted by molar-refractivity contribution is 6.03. The fraction of sp³-hybridized carbons (Fsp3) is 0.182. The highest BCUT2D eigenvalue weighted by Crippen LogP contribution is 2.18. The number of anilines is 1. The van der Waals surface area contributed by atoms with E-state index >= 15 is 0 Å². The largest absolute Gasteiger partial charge is 0.508 e. The molecule has 3 N–H and O–H groups in total. The number of hydrogen-bond donors (Lipinski definition) is 3. The number of nitrogens with zero attached hydrogens (tertiary/aromatic N) is 2. The van der Waals surface area contributed by atoms with Crippen molar-refractivity contribution in [3.63, 3.8) is 0 Å². The molecule has 0 spiro atoms. The third kappa shape index (κ3) is 2.40. The smallest absolute Gasteiger partial charge is 0.336 e. The van der Waals surface area contributed by atoms with Gasteiger partial charge in [-0.05, 0) is 24.6 Å². The molecule has 0 aliphatic carbocycles. The number of hydrogen-bond acceptors (Lipinski definition) is 5. The summed E-state index contributed by atoms with van der Waals surface area (Å²) >= 11 is 0. The van der Waals surface area contributed by atoms with Gasteiger partial charge in [0.05, 0.1) is 7.11 Å². The summed E-state index contributed by atoms with van der Waals surface area (Å²) in [5, 5.41) is 18.2. The molecular weight excluding hydrogens is 236 g/mol. The average molecular weight is 248 g/mol. The highest BCUT2D eigenvalue weighted by atomic mass is 16.5. The van der Waals surface area contributed by atoms with Gasteiger partial charge in [-0.25, -0.2) is 5.10 Å². The van der Waals surface area contributed by atoms with Gasteiger partial charge >= 0.3 is 6.01 Å². The summed E-state index contributed by atoms with van der Waals surface area (Å²) in [5.74, 6) is -0.154. The molecule has 1 aromatic heterocycles. The number of ether oxygens (including phenoxy) is 1. The van der Waals surface area contributed by atoms with Gasteiger partial charge in [-0.1, -0.05) is 6.07 Å². The lowest BCUT2D eigenvalue weighted by Gasteiger charge is -2.03. The van der Waals surface area contributed by atoms with Crippen LogP contribution in [0, 0.1) is 6.92 Å². The van der Waals surface area contributed by atoms with E-state index in [0.717, 1.165) is 0 Å². The van der Waals surface area contributed by atoms with Crippen molar-refractivity contribution in [2.45, 2.75) is 6.92 Å². The number of carbonyl (C=O) groups is 1. The molecule has 1 aromatic carbocycles. The summed E-state index contributed by atoms with van der Waals surface area (Å²) in [4.78, 5) is 15.7. The van der Waals surface area contributed by atoms with Crippen molar-refractivity contribution in [1.29, 1.82) is 0 Å². The van der Waals surface area contributed by atoms with Crippen LogP contribution in [0.5, 0.6) is 11.8 Å². The third-order valence-electron chi connectivity index (χ3n) is 2.35. The number of aromatic nitrogens is 3. The van der Waals surface area contributed by atoms with E-state index in [2.05, 4.69) is 20.5 Å². The van der Waals surface area contributed by atoms with Gasteiger partial charge < -0.3 is 9.84 Å². The number of aromatic hydroxyl groups is 1. The lowest BCUT2D eigenvalue weighted by atomic mass is 10.1. The summed E-state index contributed by atoms with van der Waals surface area (Å²) in [6.45, 7) is 1.75. The minimum absolute atomic E-state index is 0.0674. The van der Waals surface area contributed by atoms with Crippen LogP contribution in [0.3, 0.4) is 0 Å². The van der Waals surface area contributed by atoms with Gasteiger partial charge in [0.25, 0.3) is 5.91 Å². The normalized spacial score (nSPS) is 10.1. The molecule has 1 amide bonds. The zero-order valence-electron chi connectivity index (χ0n) is 9.89. The van der Waals surface area contributed by atoms with Crippen molar-refractivity contribution in [2.75, 3.05) is 12.4 Å². The molecule has 7 nitrogen and oxygen atoms in total.